The third-order valence-electron chi connectivity index (χ3n) is 8.28. The Morgan fingerprint density at radius 2 is 0.860 bits per heavy atom. The van der Waals surface area contributed by atoms with E-state index in [2.05, 4.69) is 30.3 Å². The van der Waals surface area contributed by atoms with E-state index in [0.717, 1.165) is 43.8 Å². The lowest BCUT2D eigenvalue weighted by atomic mass is 9.86. The zero-order valence-corrected chi connectivity index (χ0v) is 22.8. The summed E-state index contributed by atoms with van der Waals surface area (Å²) in [5.41, 5.74) is 5.24. The molecule has 0 spiro atoms. The molecule has 1 nitrogen and oxygen atoms in total. The van der Waals surface area contributed by atoms with Crippen LogP contribution in [-0.2, 0) is 0 Å². The molecule has 0 amide bonds. The Labute approximate surface area is 260 Å². The van der Waals surface area contributed by atoms with E-state index in [1.54, 1.807) is 24.3 Å². The lowest BCUT2D eigenvalue weighted by Gasteiger charge is -2.18. The summed E-state index contributed by atoms with van der Waals surface area (Å²) in [5.74, 6) is 0. The van der Waals surface area contributed by atoms with Crippen molar-refractivity contribution in [3.05, 3.63) is 158 Å². The van der Waals surface area contributed by atoms with Gasteiger partial charge in [0.05, 0.1) is 11.0 Å². The van der Waals surface area contributed by atoms with Crippen LogP contribution in [0.1, 0.15) is 11.0 Å². The van der Waals surface area contributed by atoms with Crippen LogP contribution < -0.4 is 0 Å². The predicted octanol–water partition coefficient (Wildman–Crippen LogP) is 12.0. The van der Waals surface area contributed by atoms with Crippen LogP contribution in [0.3, 0.4) is 0 Å². The molecule has 1 heteroatoms. The molecule has 43 heavy (non-hydrogen) atoms. The van der Waals surface area contributed by atoms with E-state index in [4.69, 9.17) is 15.4 Å². The molecule has 1 aromatic heterocycles. The van der Waals surface area contributed by atoms with E-state index in [0.29, 0.717) is 22.3 Å². The first-order valence-corrected chi connectivity index (χ1v) is 14.1. The van der Waals surface area contributed by atoms with Crippen molar-refractivity contribution in [2.24, 2.45) is 0 Å². The Hall–Kier alpha value is -5.66. The minimum atomic E-state index is -0.419. The molecule has 0 N–H and O–H groups in total. The highest BCUT2D eigenvalue weighted by Gasteiger charge is 2.16. The minimum absolute atomic E-state index is 0.198. The second-order valence-corrected chi connectivity index (χ2v) is 10.7. The zero-order valence-electron chi connectivity index (χ0n) is 30.8. The maximum Gasteiger partial charge on any atom is 0.136 e. The number of fused-ring (bicyclic) bond motifs is 6. The van der Waals surface area contributed by atoms with Gasteiger partial charge in [0.2, 0.25) is 0 Å². The van der Waals surface area contributed by atoms with E-state index >= 15 is 0 Å². The summed E-state index contributed by atoms with van der Waals surface area (Å²) < 4.78 is 77.1. The second kappa shape index (κ2) is 9.44. The van der Waals surface area contributed by atoms with Crippen LogP contribution in [0, 0.1) is 0 Å². The van der Waals surface area contributed by atoms with E-state index in [9.17, 15) is 0 Å². The standard InChI is InChI=1S/C42H26O/c1-2-10-28(11-3-1)41-33-14-6-8-16-35(33)42(36-17-9-7-15-34(36)41)29-20-18-27(19-21-29)32-22-23-39-37(25-32)38-24-30-12-4-5-13-31(30)26-40(38)43-39/h1-26H/i6D,7D,8D,9D,14D,15D,16D,17D. The van der Waals surface area contributed by atoms with Crippen molar-refractivity contribution in [3.63, 3.8) is 0 Å². The number of furan rings is 1. The number of hydrogen-bond acceptors (Lipinski definition) is 1. The monoisotopic (exact) mass is 554 g/mol. The number of rotatable bonds is 3. The highest BCUT2D eigenvalue weighted by atomic mass is 16.3. The SMILES string of the molecule is [2H]c1c([2H])c([2H])c2c(-c3ccc(-c4ccc5oc6cc7ccccc7cc6c5c4)cc3)c3c([2H])c([2H])c([2H])c([2H])c3c(-c3ccccc3)c2c1[2H]. The van der Waals surface area contributed by atoms with Crippen LogP contribution in [0.2, 0.25) is 0 Å². The van der Waals surface area contributed by atoms with Crippen molar-refractivity contribution in [3.8, 4) is 33.4 Å². The molecular formula is C42H26O. The zero-order chi connectivity index (χ0) is 35.3. The van der Waals surface area contributed by atoms with Gasteiger partial charge in [-0.15, -0.1) is 0 Å². The maximum absolute atomic E-state index is 9.13. The van der Waals surface area contributed by atoms with Gasteiger partial charge in [0.15, 0.2) is 0 Å². The summed E-state index contributed by atoms with van der Waals surface area (Å²) >= 11 is 0. The number of hydrogen-bond donors (Lipinski definition) is 0. The third kappa shape index (κ3) is 3.79. The molecule has 0 saturated heterocycles. The quantitative estimate of drug-likeness (QED) is 0.198. The summed E-state index contributed by atoms with van der Waals surface area (Å²) in [5, 5.41) is 5.02. The molecule has 0 radical (unpaired) electrons. The lowest BCUT2D eigenvalue weighted by molar-refractivity contribution is 0.669. The van der Waals surface area contributed by atoms with Gasteiger partial charge in [-0.2, -0.15) is 0 Å². The van der Waals surface area contributed by atoms with Crippen LogP contribution in [0.4, 0.5) is 0 Å². The average molecular weight is 555 g/mol. The smallest absolute Gasteiger partial charge is 0.136 e. The van der Waals surface area contributed by atoms with Crippen molar-refractivity contribution in [2.75, 3.05) is 0 Å². The Morgan fingerprint density at radius 3 is 1.49 bits per heavy atom. The van der Waals surface area contributed by atoms with Gasteiger partial charge in [0.1, 0.15) is 11.2 Å². The largest absolute Gasteiger partial charge is 0.456 e. The van der Waals surface area contributed by atoms with Crippen molar-refractivity contribution in [1.82, 2.24) is 0 Å². The molecule has 0 fully saturated rings. The molecule has 0 saturated carbocycles. The second-order valence-electron chi connectivity index (χ2n) is 10.7. The summed E-state index contributed by atoms with van der Waals surface area (Å²) in [6.07, 6.45) is 0. The fourth-order valence-electron chi connectivity index (χ4n) is 6.28. The molecule has 0 aliphatic heterocycles. The summed E-state index contributed by atoms with van der Waals surface area (Å²) in [6, 6.07) is 32.2. The van der Waals surface area contributed by atoms with Gasteiger partial charge in [0.25, 0.3) is 0 Å². The van der Waals surface area contributed by atoms with Crippen LogP contribution in [-0.4, -0.2) is 0 Å². The Bertz CT molecular complexity index is 2850. The normalized spacial score (nSPS) is 14.3. The molecule has 1 heterocycles. The fraction of sp³-hybridized carbons (Fsp3) is 0. The Balaban J connectivity index is 1.32. The maximum atomic E-state index is 9.13. The van der Waals surface area contributed by atoms with Crippen LogP contribution in [0.5, 0.6) is 0 Å². The molecule has 8 aromatic carbocycles. The van der Waals surface area contributed by atoms with Gasteiger partial charge >= 0.3 is 0 Å². The van der Waals surface area contributed by atoms with Crippen LogP contribution in [0.25, 0.3) is 87.6 Å². The van der Waals surface area contributed by atoms with E-state index in [1.165, 1.54) is 0 Å². The van der Waals surface area contributed by atoms with Crippen molar-refractivity contribution in [2.45, 2.75) is 0 Å². The third-order valence-corrected chi connectivity index (χ3v) is 8.28. The number of benzene rings is 8. The van der Waals surface area contributed by atoms with Gasteiger partial charge in [-0.25, -0.2) is 0 Å². The van der Waals surface area contributed by atoms with Crippen LogP contribution >= 0.6 is 0 Å². The first-order valence-electron chi connectivity index (χ1n) is 18.1. The molecule has 0 bridgehead atoms. The van der Waals surface area contributed by atoms with E-state index in [1.807, 2.05) is 54.6 Å². The molecule has 0 atom stereocenters. The Kier molecular flexibility index (Phi) is 3.80. The minimum Gasteiger partial charge on any atom is -0.456 e. The lowest BCUT2D eigenvalue weighted by Crippen LogP contribution is -1.90. The van der Waals surface area contributed by atoms with Gasteiger partial charge < -0.3 is 4.42 Å². The van der Waals surface area contributed by atoms with Crippen molar-refractivity contribution in [1.29, 1.82) is 0 Å². The summed E-state index contributed by atoms with van der Waals surface area (Å²) in [4.78, 5) is 0. The van der Waals surface area contributed by atoms with Gasteiger partial charge in [0, 0.05) is 10.8 Å². The summed E-state index contributed by atoms with van der Waals surface area (Å²) in [6.45, 7) is 0. The fourth-order valence-corrected chi connectivity index (χ4v) is 6.28. The van der Waals surface area contributed by atoms with E-state index in [-0.39, 0.29) is 45.7 Å². The van der Waals surface area contributed by atoms with E-state index < -0.39 is 24.2 Å². The first-order chi connectivity index (χ1) is 24.6. The molecule has 9 rings (SSSR count). The Morgan fingerprint density at radius 1 is 0.372 bits per heavy atom. The molecule has 200 valence electrons. The highest BCUT2D eigenvalue weighted by molar-refractivity contribution is 6.21. The average Bonchev–Trinajstić information content (AvgIpc) is 3.52. The molecular weight excluding hydrogens is 520 g/mol. The molecule has 9 aromatic rings. The molecule has 0 aliphatic carbocycles. The van der Waals surface area contributed by atoms with Gasteiger partial charge in [-0.1, -0.05) is 133 Å². The molecule has 0 unspecified atom stereocenters. The predicted molar refractivity (Wildman–Crippen MR) is 183 cm³/mol. The molecule has 0 aliphatic rings. The first kappa shape index (κ1) is 17.3. The van der Waals surface area contributed by atoms with Gasteiger partial charge in [-0.05, 0) is 90.0 Å². The topological polar surface area (TPSA) is 13.1 Å². The van der Waals surface area contributed by atoms with Gasteiger partial charge in [-0.3, -0.25) is 0 Å². The summed E-state index contributed by atoms with van der Waals surface area (Å²) in [7, 11) is 0. The van der Waals surface area contributed by atoms with Crippen molar-refractivity contribution < 1.29 is 15.4 Å². The highest BCUT2D eigenvalue weighted by Crippen LogP contribution is 2.44. The van der Waals surface area contributed by atoms with Crippen molar-refractivity contribution >= 4 is 54.3 Å². The van der Waals surface area contributed by atoms with Crippen LogP contribution in [0.15, 0.2) is 162 Å².